The van der Waals surface area contributed by atoms with Crippen molar-refractivity contribution in [3.05, 3.63) is 24.3 Å². The van der Waals surface area contributed by atoms with Gasteiger partial charge in [0.2, 0.25) is 5.91 Å². The molecule has 0 aromatic heterocycles. The van der Waals surface area contributed by atoms with Crippen LogP contribution in [0.1, 0.15) is 6.92 Å². The van der Waals surface area contributed by atoms with Crippen molar-refractivity contribution in [3.63, 3.8) is 0 Å². The molecule has 0 bridgehead atoms. The van der Waals surface area contributed by atoms with E-state index in [4.69, 9.17) is 9.47 Å². The van der Waals surface area contributed by atoms with Crippen LogP contribution in [0.15, 0.2) is 24.3 Å². The monoisotopic (exact) mass is 266 g/mol. The molecule has 0 unspecified atom stereocenters. The number of nitrogens with one attached hydrogen (secondary N) is 1. The van der Waals surface area contributed by atoms with Gasteiger partial charge in [0.25, 0.3) is 0 Å². The van der Waals surface area contributed by atoms with Gasteiger partial charge in [-0.1, -0.05) is 6.92 Å². The minimum Gasteiger partial charge on any atom is -0.497 e. The number of hydrogen-bond donors (Lipinski definition) is 1. The molecule has 106 valence electrons. The van der Waals surface area contributed by atoms with Gasteiger partial charge >= 0.3 is 0 Å². The second-order valence-corrected chi connectivity index (χ2v) is 4.12. The first-order chi connectivity index (χ1) is 9.17. The molecule has 0 radical (unpaired) electrons. The lowest BCUT2D eigenvalue weighted by Gasteiger charge is -2.17. The summed E-state index contributed by atoms with van der Waals surface area (Å²) in [6.45, 7) is 4.18. The first-order valence-corrected chi connectivity index (χ1v) is 6.39. The summed E-state index contributed by atoms with van der Waals surface area (Å²) in [6, 6.07) is 7.38. The molecule has 0 aliphatic carbocycles. The summed E-state index contributed by atoms with van der Waals surface area (Å²) in [4.78, 5) is 13.3. The zero-order chi connectivity index (χ0) is 14.1. The maximum atomic E-state index is 11.6. The second-order valence-electron chi connectivity index (χ2n) is 4.12. The van der Waals surface area contributed by atoms with Crippen molar-refractivity contribution >= 4 is 5.91 Å². The summed E-state index contributed by atoms with van der Waals surface area (Å²) in [5, 5.41) is 3.00. The Bertz CT molecular complexity index is 379. The fourth-order valence-electron chi connectivity index (χ4n) is 1.46. The maximum absolute atomic E-state index is 11.6. The Labute approximate surface area is 114 Å². The van der Waals surface area contributed by atoms with E-state index >= 15 is 0 Å². The largest absolute Gasteiger partial charge is 0.497 e. The molecule has 1 rings (SSSR count). The number of benzene rings is 1. The number of carbonyl (C=O) groups excluding carboxylic acids is 1. The number of amides is 1. The molecular formula is C14H22N2O3. The Morgan fingerprint density at radius 3 is 2.47 bits per heavy atom. The van der Waals surface area contributed by atoms with Crippen molar-refractivity contribution in [1.29, 1.82) is 0 Å². The number of carbonyl (C=O) groups is 1. The topological polar surface area (TPSA) is 50.8 Å². The standard InChI is InChI=1S/C14H22N2O3/c1-4-15-11-14(17)16(2)9-10-19-13-7-5-12(18-3)6-8-13/h5-8,15H,4,9-11H2,1-3H3. The highest BCUT2D eigenvalue weighted by Gasteiger charge is 2.07. The first kappa shape index (κ1) is 15.3. The van der Waals surface area contributed by atoms with Gasteiger partial charge in [-0.15, -0.1) is 0 Å². The molecule has 1 aromatic carbocycles. The molecule has 0 spiro atoms. The predicted molar refractivity (Wildman–Crippen MR) is 74.7 cm³/mol. The number of nitrogens with zero attached hydrogens (tertiary/aromatic N) is 1. The molecule has 0 atom stereocenters. The smallest absolute Gasteiger partial charge is 0.236 e. The van der Waals surface area contributed by atoms with Gasteiger partial charge in [0, 0.05) is 7.05 Å². The molecule has 0 fully saturated rings. The van der Waals surface area contributed by atoms with Crippen LogP contribution in [-0.4, -0.2) is 51.2 Å². The normalized spacial score (nSPS) is 10.1. The lowest BCUT2D eigenvalue weighted by molar-refractivity contribution is -0.129. The summed E-state index contributed by atoms with van der Waals surface area (Å²) in [5.41, 5.74) is 0. The third kappa shape index (κ3) is 5.61. The van der Waals surface area contributed by atoms with Crippen molar-refractivity contribution in [3.8, 4) is 11.5 Å². The van der Waals surface area contributed by atoms with Gasteiger partial charge in [0.1, 0.15) is 18.1 Å². The molecule has 1 aromatic rings. The maximum Gasteiger partial charge on any atom is 0.236 e. The van der Waals surface area contributed by atoms with Crippen LogP contribution in [0.3, 0.4) is 0 Å². The SMILES string of the molecule is CCNCC(=O)N(C)CCOc1ccc(OC)cc1. The van der Waals surface area contributed by atoms with Gasteiger partial charge in [-0.2, -0.15) is 0 Å². The van der Waals surface area contributed by atoms with Gasteiger partial charge in [-0.25, -0.2) is 0 Å². The fraction of sp³-hybridized carbons (Fsp3) is 0.500. The van der Waals surface area contributed by atoms with E-state index in [2.05, 4.69) is 5.32 Å². The molecule has 0 heterocycles. The molecule has 0 saturated carbocycles. The predicted octanol–water partition coefficient (Wildman–Crippen LogP) is 1.14. The number of hydrogen-bond acceptors (Lipinski definition) is 4. The number of likely N-dealkylation sites (N-methyl/N-ethyl adjacent to an activating group) is 2. The molecule has 1 N–H and O–H groups in total. The van der Waals surface area contributed by atoms with E-state index in [9.17, 15) is 4.79 Å². The number of methoxy groups -OCH3 is 1. The van der Waals surface area contributed by atoms with Crippen LogP contribution in [0.2, 0.25) is 0 Å². The van der Waals surface area contributed by atoms with Crippen molar-refractivity contribution in [2.75, 3.05) is 40.4 Å². The molecule has 5 nitrogen and oxygen atoms in total. The third-order valence-corrected chi connectivity index (χ3v) is 2.71. The van der Waals surface area contributed by atoms with Crippen LogP contribution in [0, 0.1) is 0 Å². The molecule has 5 heteroatoms. The number of ether oxygens (including phenoxy) is 2. The Hall–Kier alpha value is -1.75. The van der Waals surface area contributed by atoms with E-state index in [1.165, 1.54) is 0 Å². The molecule has 0 aliphatic rings. The molecular weight excluding hydrogens is 244 g/mol. The van der Waals surface area contributed by atoms with Gasteiger partial charge in [-0.05, 0) is 30.8 Å². The molecule has 0 saturated heterocycles. The Balaban J connectivity index is 2.26. The lowest BCUT2D eigenvalue weighted by atomic mass is 10.3. The van der Waals surface area contributed by atoms with E-state index in [1.807, 2.05) is 31.2 Å². The van der Waals surface area contributed by atoms with E-state index < -0.39 is 0 Å². The van der Waals surface area contributed by atoms with Crippen LogP contribution < -0.4 is 14.8 Å². The lowest BCUT2D eigenvalue weighted by Crippen LogP contribution is -2.37. The van der Waals surface area contributed by atoms with Crippen molar-refractivity contribution in [1.82, 2.24) is 10.2 Å². The zero-order valence-electron chi connectivity index (χ0n) is 11.8. The van der Waals surface area contributed by atoms with Gasteiger partial charge in [-0.3, -0.25) is 4.79 Å². The van der Waals surface area contributed by atoms with Crippen LogP contribution in [0.5, 0.6) is 11.5 Å². The highest BCUT2D eigenvalue weighted by molar-refractivity contribution is 5.77. The van der Waals surface area contributed by atoms with Crippen molar-refractivity contribution in [2.24, 2.45) is 0 Å². The van der Waals surface area contributed by atoms with Crippen LogP contribution in [0.25, 0.3) is 0 Å². The van der Waals surface area contributed by atoms with Gasteiger partial charge in [0.15, 0.2) is 0 Å². The van der Waals surface area contributed by atoms with Gasteiger partial charge < -0.3 is 19.7 Å². The fourth-order valence-corrected chi connectivity index (χ4v) is 1.46. The van der Waals surface area contributed by atoms with Crippen molar-refractivity contribution in [2.45, 2.75) is 6.92 Å². The van der Waals surface area contributed by atoms with E-state index in [1.54, 1.807) is 19.1 Å². The van der Waals surface area contributed by atoms with Crippen LogP contribution in [0.4, 0.5) is 0 Å². The molecule has 1 amide bonds. The Morgan fingerprint density at radius 2 is 1.89 bits per heavy atom. The average molecular weight is 266 g/mol. The van der Waals surface area contributed by atoms with Crippen LogP contribution >= 0.6 is 0 Å². The van der Waals surface area contributed by atoms with Crippen LogP contribution in [-0.2, 0) is 4.79 Å². The Morgan fingerprint density at radius 1 is 1.26 bits per heavy atom. The summed E-state index contributed by atoms with van der Waals surface area (Å²) in [5.74, 6) is 1.64. The zero-order valence-corrected chi connectivity index (χ0v) is 11.8. The summed E-state index contributed by atoms with van der Waals surface area (Å²) >= 11 is 0. The highest BCUT2D eigenvalue weighted by Crippen LogP contribution is 2.16. The molecule has 19 heavy (non-hydrogen) atoms. The summed E-state index contributed by atoms with van der Waals surface area (Å²) < 4.78 is 10.6. The van der Waals surface area contributed by atoms with Gasteiger partial charge in [0.05, 0.1) is 20.2 Å². The minimum absolute atomic E-state index is 0.0696. The average Bonchev–Trinajstić information content (AvgIpc) is 2.45. The number of rotatable bonds is 8. The first-order valence-electron chi connectivity index (χ1n) is 6.39. The van der Waals surface area contributed by atoms with E-state index in [0.29, 0.717) is 19.7 Å². The summed E-state index contributed by atoms with van der Waals surface area (Å²) in [6.07, 6.45) is 0. The van der Waals surface area contributed by atoms with E-state index in [-0.39, 0.29) is 5.91 Å². The highest BCUT2D eigenvalue weighted by atomic mass is 16.5. The summed E-state index contributed by atoms with van der Waals surface area (Å²) in [7, 11) is 3.40. The third-order valence-electron chi connectivity index (χ3n) is 2.71. The molecule has 0 aliphatic heterocycles. The second kappa shape index (κ2) is 8.37. The van der Waals surface area contributed by atoms with E-state index in [0.717, 1.165) is 18.0 Å². The Kier molecular flexibility index (Phi) is 6.74. The minimum atomic E-state index is 0.0696. The van der Waals surface area contributed by atoms with Crippen molar-refractivity contribution < 1.29 is 14.3 Å². The quantitative estimate of drug-likeness (QED) is 0.766.